The van der Waals surface area contributed by atoms with E-state index in [-0.39, 0.29) is 0 Å². The third kappa shape index (κ3) is 4.36. The zero-order chi connectivity index (χ0) is 15.9. The van der Waals surface area contributed by atoms with Gasteiger partial charge in [-0.25, -0.2) is 0 Å². The first kappa shape index (κ1) is 15.6. The molecule has 0 aromatic heterocycles. The zero-order valence-electron chi connectivity index (χ0n) is 12.6. The summed E-state index contributed by atoms with van der Waals surface area (Å²) in [5.74, 6) is 1.55. The van der Waals surface area contributed by atoms with E-state index >= 15 is 0 Å². The molecule has 0 amide bonds. The van der Waals surface area contributed by atoms with Crippen molar-refractivity contribution < 1.29 is 9.47 Å². The number of hydrogen-bond acceptors (Lipinski definition) is 2. The Morgan fingerprint density at radius 2 is 1.00 bits per heavy atom. The molecule has 0 aliphatic heterocycles. The number of hydrogen-bond donors (Lipinski definition) is 0. The van der Waals surface area contributed by atoms with Crippen LogP contribution in [0.4, 0.5) is 0 Å². The van der Waals surface area contributed by atoms with Crippen molar-refractivity contribution in [3.63, 3.8) is 0 Å². The molecule has 0 aliphatic rings. The van der Waals surface area contributed by atoms with Gasteiger partial charge in [-0.2, -0.15) is 0 Å². The SMILES string of the molecule is Brc1c(OCc2ccccc2)cccc1OCc1ccccc1. The van der Waals surface area contributed by atoms with Gasteiger partial charge in [0.25, 0.3) is 0 Å². The van der Waals surface area contributed by atoms with Crippen LogP contribution < -0.4 is 9.47 Å². The average Bonchev–Trinajstić information content (AvgIpc) is 2.61. The van der Waals surface area contributed by atoms with Crippen LogP contribution in [-0.4, -0.2) is 0 Å². The molecule has 0 radical (unpaired) electrons. The van der Waals surface area contributed by atoms with Crippen molar-refractivity contribution in [1.29, 1.82) is 0 Å². The molecule has 0 atom stereocenters. The van der Waals surface area contributed by atoms with E-state index in [1.807, 2.05) is 78.9 Å². The van der Waals surface area contributed by atoms with Crippen molar-refractivity contribution in [2.24, 2.45) is 0 Å². The molecule has 0 fully saturated rings. The number of rotatable bonds is 6. The molecule has 0 saturated heterocycles. The Balaban J connectivity index is 1.66. The highest BCUT2D eigenvalue weighted by atomic mass is 79.9. The largest absolute Gasteiger partial charge is 0.488 e. The number of halogens is 1. The first-order valence-electron chi connectivity index (χ1n) is 7.45. The molecule has 0 heterocycles. The standard InChI is InChI=1S/C20H17BrO2/c21-20-18(22-14-16-8-3-1-4-9-16)12-7-13-19(20)23-15-17-10-5-2-6-11-17/h1-13H,14-15H2. The van der Waals surface area contributed by atoms with Crippen molar-refractivity contribution in [1.82, 2.24) is 0 Å². The number of benzene rings is 3. The van der Waals surface area contributed by atoms with Gasteiger partial charge < -0.3 is 9.47 Å². The second-order valence-corrected chi connectivity index (χ2v) is 5.91. The van der Waals surface area contributed by atoms with Crippen LogP contribution in [0.5, 0.6) is 11.5 Å². The Bertz CT molecular complexity index is 680. The van der Waals surface area contributed by atoms with E-state index in [1.54, 1.807) is 0 Å². The molecule has 3 aromatic carbocycles. The maximum absolute atomic E-state index is 5.89. The zero-order valence-corrected chi connectivity index (χ0v) is 14.2. The molecule has 0 N–H and O–H groups in total. The Morgan fingerprint density at radius 3 is 1.43 bits per heavy atom. The summed E-state index contributed by atoms with van der Waals surface area (Å²) >= 11 is 3.58. The van der Waals surface area contributed by atoms with E-state index in [0.29, 0.717) is 13.2 Å². The fourth-order valence-corrected chi connectivity index (χ4v) is 2.68. The molecule has 0 spiro atoms. The molecule has 0 unspecified atom stereocenters. The van der Waals surface area contributed by atoms with Crippen LogP contribution in [0.15, 0.2) is 83.3 Å². The minimum Gasteiger partial charge on any atom is -0.488 e. The topological polar surface area (TPSA) is 18.5 Å². The molecule has 3 heteroatoms. The van der Waals surface area contributed by atoms with Gasteiger partial charge in [-0.05, 0) is 39.2 Å². The Kier molecular flexibility index (Phi) is 5.33. The van der Waals surface area contributed by atoms with Gasteiger partial charge in [-0.3, -0.25) is 0 Å². The van der Waals surface area contributed by atoms with Gasteiger partial charge in [0.2, 0.25) is 0 Å². The third-order valence-corrected chi connectivity index (χ3v) is 4.18. The molecule has 3 aromatic rings. The highest BCUT2D eigenvalue weighted by molar-refractivity contribution is 9.10. The van der Waals surface area contributed by atoms with Gasteiger partial charge in [0.1, 0.15) is 29.2 Å². The minimum absolute atomic E-state index is 0.529. The maximum atomic E-state index is 5.89. The Hall–Kier alpha value is -2.26. The van der Waals surface area contributed by atoms with Gasteiger partial charge in [0.15, 0.2) is 0 Å². The molecule has 23 heavy (non-hydrogen) atoms. The second-order valence-electron chi connectivity index (χ2n) is 5.12. The van der Waals surface area contributed by atoms with E-state index in [1.165, 1.54) is 0 Å². The van der Waals surface area contributed by atoms with E-state index in [9.17, 15) is 0 Å². The van der Waals surface area contributed by atoms with Gasteiger partial charge in [-0.15, -0.1) is 0 Å². The fourth-order valence-electron chi connectivity index (χ4n) is 2.18. The lowest BCUT2D eigenvalue weighted by Gasteiger charge is -2.13. The predicted molar refractivity (Wildman–Crippen MR) is 95.7 cm³/mol. The lowest BCUT2D eigenvalue weighted by Crippen LogP contribution is -1.99. The minimum atomic E-state index is 0.529. The summed E-state index contributed by atoms with van der Waals surface area (Å²) in [5, 5.41) is 0. The van der Waals surface area contributed by atoms with Gasteiger partial charge in [0, 0.05) is 0 Å². The summed E-state index contributed by atoms with van der Waals surface area (Å²) in [7, 11) is 0. The molecule has 0 saturated carbocycles. The summed E-state index contributed by atoms with van der Waals surface area (Å²) in [6.45, 7) is 1.06. The molecule has 3 rings (SSSR count). The van der Waals surface area contributed by atoms with Gasteiger partial charge in [0.05, 0.1) is 0 Å². The predicted octanol–water partition coefficient (Wildman–Crippen LogP) is 5.61. The summed E-state index contributed by atoms with van der Waals surface area (Å²) in [6, 6.07) is 26.0. The van der Waals surface area contributed by atoms with E-state index < -0.39 is 0 Å². The lowest BCUT2D eigenvalue weighted by molar-refractivity contribution is 0.286. The monoisotopic (exact) mass is 368 g/mol. The normalized spacial score (nSPS) is 10.3. The van der Waals surface area contributed by atoms with Crippen LogP contribution in [0.25, 0.3) is 0 Å². The van der Waals surface area contributed by atoms with Crippen LogP contribution in [0.3, 0.4) is 0 Å². The van der Waals surface area contributed by atoms with Crippen LogP contribution in [0.1, 0.15) is 11.1 Å². The quantitative estimate of drug-likeness (QED) is 0.563. The summed E-state index contributed by atoms with van der Waals surface area (Å²) in [5.41, 5.74) is 2.27. The van der Waals surface area contributed by atoms with Crippen molar-refractivity contribution in [3.8, 4) is 11.5 Å². The summed E-state index contributed by atoms with van der Waals surface area (Å²) in [4.78, 5) is 0. The van der Waals surface area contributed by atoms with Crippen LogP contribution in [0.2, 0.25) is 0 Å². The van der Waals surface area contributed by atoms with Crippen molar-refractivity contribution in [3.05, 3.63) is 94.5 Å². The first-order valence-corrected chi connectivity index (χ1v) is 8.24. The van der Waals surface area contributed by atoms with Crippen LogP contribution >= 0.6 is 15.9 Å². The highest BCUT2D eigenvalue weighted by Crippen LogP contribution is 2.35. The van der Waals surface area contributed by atoms with Crippen LogP contribution in [-0.2, 0) is 13.2 Å². The molecular formula is C20H17BrO2. The molecule has 116 valence electrons. The van der Waals surface area contributed by atoms with Crippen molar-refractivity contribution in [2.75, 3.05) is 0 Å². The van der Waals surface area contributed by atoms with E-state index in [2.05, 4.69) is 15.9 Å². The van der Waals surface area contributed by atoms with Gasteiger partial charge in [-0.1, -0.05) is 66.7 Å². The molecule has 0 bridgehead atoms. The third-order valence-electron chi connectivity index (χ3n) is 3.40. The van der Waals surface area contributed by atoms with E-state index in [4.69, 9.17) is 9.47 Å². The van der Waals surface area contributed by atoms with Crippen molar-refractivity contribution in [2.45, 2.75) is 13.2 Å². The first-order chi connectivity index (χ1) is 11.3. The fraction of sp³-hybridized carbons (Fsp3) is 0.100. The van der Waals surface area contributed by atoms with Gasteiger partial charge >= 0.3 is 0 Å². The maximum Gasteiger partial charge on any atom is 0.137 e. The Morgan fingerprint density at radius 1 is 0.565 bits per heavy atom. The number of ether oxygens (including phenoxy) is 2. The molecular weight excluding hydrogens is 352 g/mol. The highest BCUT2D eigenvalue weighted by Gasteiger charge is 2.08. The summed E-state index contributed by atoms with van der Waals surface area (Å²) in [6.07, 6.45) is 0. The van der Waals surface area contributed by atoms with E-state index in [0.717, 1.165) is 27.1 Å². The van der Waals surface area contributed by atoms with Crippen molar-refractivity contribution >= 4 is 15.9 Å². The molecule has 2 nitrogen and oxygen atoms in total. The Labute approximate surface area is 144 Å². The summed E-state index contributed by atoms with van der Waals surface area (Å²) < 4.78 is 12.6. The molecule has 0 aliphatic carbocycles. The van der Waals surface area contributed by atoms with Crippen LogP contribution in [0, 0.1) is 0 Å². The smallest absolute Gasteiger partial charge is 0.137 e. The average molecular weight is 369 g/mol. The second kappa shape index (κ2) is 7.84. The lowest BCUT2D eigenvalue weighted by atomic mass is 10.2.